The van der Waals surface area contributed by atoms with E-state index in [9.17, 15) is 14.0 Å². The Hall–Kier alpha value is -3.09. The lowest BCUT2D eigenvalue weighted by molar-refractivity contribution is -0.175. The van der Waals surface area contributed by atoms with E-state index in [1.165, 1.54) is 19.2 Å². The number of carbonyl (C=O) groups excluding carboxylic acids is 2. The highest BCUT2D eigenvalue weighted by Crippen LogP contribution is 2.36. The molecule has 0 radical (unpaired) electrons. The predicted octanol–water partition coefficient (Wildman–Crippen LogP) is 3.34. The van der Waals surface area contributed by atoms with Gasteiger partial charge in [-0.15, -0.1) is 0 Å². The van der Waals surface area contributed by atoms with E-state index in [1.807, 2.05) is 12.1 Å². The summed E-state index contributed by atoms with van der Waals surface area (Å²) in [5, 5.41) is 0.274. The minimum absolute atomic E-state index is 0.0401. The van der Waals surface area contributed by atoms with Crippen molar-refractivity contribution in [3.63, 3.8) is 0 Å². The quantitative estimate of drug-likeness (QED) is 0.389. The summed E-state index contributed by atoms with van der Waals surface area (Å²) in [6.07, 6.45) is 0.271. The Morgan fingerprint density at radius 1 is 1.17 bits per heavy atom. The zero-order valence-corrected chi connectivity index (χ0v) is 23.7. The maximum absolute atomic E-state index is 14.5. The van der Waals surface area contributed by atoms with Crippen molar-refractivity contribution < 1.29 is 32.9 Å². The van der Waals surface area contributed by atoms with Crippen molar-refractivity contribution >= 4 is 34.5 Å². The maximum atomic E-state index is 14.5. The fraction of sp³-hybridized carbons (Fsp3) is 0.483. The van der Waals surface area contributed by atoms with Crippen LogP contribution in [0.5, 0.6) is 0 Å². The molecule has 3 aliphatic rings. The van der Waals surface area contributed by atoms with Crippen molar-refractivity contribution in [2.45, 2.75) is 44.4 Å². The van der Waals surface area contributed by atoms with Gasteiger partial charge in [0.25, 0.3) is 5.91 Å². The normalized spacial score (nSPS) is 24.9. The Labute approximate surface area is 241 Å². The molecule has 0 N–H and O–H groups in total. The highest BCUT2D eigenvalue weighted by atomic mass is 35.5. The lowest BCUT2D eigenvalue weighted by Crippen LogP contribution is -2.51. The molecule has 0 saturated carbocycles. The smallest absolute Gasteiger partial charge is 0.337 e. The number of rotatable bonds is 7. The molecule has 1 aromatic heterocycles. The van der Waals surface area contributed by atoms with Crippen LogP contribution in [-0.2, 0) is 42.6 Å². The van der Waals surface area contributed by atoms with Gasteiger partial charge in [-0.25, -0.2) is 14.2 Å². The molecule has 3 aliphatic heterocycles. The first kappa shape index (κ1) is 28.0. The van der Waals surface area contributed by atoms with E-state index in [4.69, 9.17) is 35.5 Å². The summed E-state index contributed by atoms with van der Waals surface area (Å²) in [6.45, 7) is 5.98. The van der Waals surface area contributed by atoms with Gasteiger partial charge in [0.05, 0.1) is 49.5 Å². The fourth-order valence-electron chi connectivity index (χ4n) is 5.60. The number of benzene rings is 2. The van der Waals surface area contributed by atoms with Crippen LogP contribution >= 0.6 is 11.6 Å². The average molecular weight is 587 g/mol. The van der Waals surface area contributed by atoms with Crippen LogP contribution in [0.15, 0.2) is 36.4 Å². The van der Waals surface area contributed by atoms with Crippen molar-refractivity contribution in [2.24, 2.45) is 0 Å². The van der Waals surface area contributed by atoms with Gasteiger partial charge in [0.15, 0.2) is 11.9 Å². The minimum atomic E-state index is -1.37. The van der Waals surface area contributed by atoms with Crippen molar-refractivity contribution in [1.29, 1.82) is 0 Å². The molecular weight excluding hydrogens is 555 g/mol. The third kappa shape index (κ3) is 5.56. The summed E-state index contributed by atoms with van der Waals surface area (Å²) in [5.41, 5.74) is 2.35. The van der Waals surface area contributed by atoms with Gasteiger partial charge in [-0.2, -0.15) is 0 Å². The predicted molar refractivity (Wildman–Crippen MR) is 147 cm³/mol. The van der Waals surface area contributed by atoms with Crippen LogP contribution in [0, 0.1) is 5.82 Å². The van der Waals surface area contributed by atoms with Gasteiger partial charge >= 0.3 is 5.97 Å². The first-order valence-electron chi connectivity index (χ1n) is 13.7. The number of aromatic nitrogens is 2. The maximum Gasteiger partial charge on any atom is 0.337 e. The van der Waals surface area contributed by atoms with E-state index < -0.39 is 23.7 Å². The van der Waals surface area contributed by atoms with Gasteiger partial charge in [-0.05, 0) is 49.7 Å². The number of amides is 1. The topological polar surface area (TPSA) is 95.4 Å². The number of carbonyl (C=O) groups is 2. The van der Waals surface area contributed by atoms with E-state index in [1.54, 1.807) is 24.0 Å². The number of nitrogens with zero attached hydrogens (tertiary/aromatic N) is 4. The van der Waals surface area contributed by atoms with Crippen molar-refractivity contribution in [3.05, 3.63) is 64.2 Å². The van der Waals surface area contributed by atoms with Crippen LogP contribution in [0.1, 0.15) is 35.1 Å². The molecule has 1 amide bonds. The molecule has 12 heteroatoms. The summed E-state index contributed by atoms with van der Waals surface area (Å²) in [6, 6.07) is 9.67. The Bertz CT molecular complexity index is 1470. The second kappa shape index (κ2) is 11.3. The highest BCUT2D eigenvalue weighted by Gasteiger charge is 2.45. The SMILES string of the molecule is COC(=O)c1ccc2nc(CN3CCN(C(=O)C4COC(C)(c5ccc(Cl)cc5F)O4)CC3)n(C[C@@H]3CCO3)c2c1. The van der Waals surface area contributed by atoms with E-state index >= 15 is 0 Å². The van der Waals surface area contributed by atoms with Crippen LogP contribution in [0.25, 0.3) is 11.0 Å². The van der Waals surface area contributed by atoms with Crippen molar-refractivity contribution in [3.8, 4) is 0 Å². The van der Waals surface area contributed by atoms with Gasteiger partial charge < -0.3 is 28.4 Å². The first-order chi connectivity index (χ1) is 19.7. The highest BCUT2D eigenvalue weighted by molar-refractivity contribution is 6.30. The number of imidazole rings is 1. The number of fused-ring (bicyclic) bond motifs is 1. The Balaban J connectivity index is 1.11. The Kier molecular flexibility index (Phi) is 7.73. The number of hydrogen-bond acceptors (Lipinski definition) is 8. The first-order valence-corrected chi connectivity index (χ1v) is 14.1. The third-order valence-corrected chi connectivity index (χ3v) is 8.29. The van der Waals surface area contributed by atoms with Crippen molar-refractivity contribution in [1.82, 2.24) is 19.4 Å². The molecular formula is C29H32ClFN4O6. The summed E-state index contributed by atoms with van der Waals surface area (Å²) in [5.74, 6) is -1.60. The molecule has 3 atom stereocenters. The van der Waals surface area contributed by atoms with Crippen LogP contribution < -0.4 is 0 Å². The molecule has 0 bridgehead atoms. The molecule has 0 aliphatic carbocycles. The number of esters is 1. The fourth-order valence-corrected chi connectivity index (χ4v) is 5.76. The number of hydrogen-bond donors (Lipinski definition) is 0. The van der Waals surface area contributed by atoms with Gasteiger partial charge in [-0.1, -0.05) is 11.6 Å². The molecule has 2 aromatic carbocycles. The summed E-state index contributed by atoms with van der Waals surface area (Å²) in [7, 11) is 1.37. The molecule has 4 heterocycles. The molecule has 0 spiro atoms. The number of methoxy groups -OCH3 is 1. The van der Waals surface area contributed by atoms with Gasteiger partial charge in [0, 0.05) is 43.4 Å². The number of halogens is 2. The van der Waals surface area contributed by atoms with Crippen LogP contribution in [-0.4, -0.2) is 89.9 Å². The van der Waals surface area contributed by atoms with Gasteiger partial charge in [-0.3, -0.25) is 9.69 Å². The minimum Gasteiger partial charge on any atom is -0.465 e. The third-order valence-electron chi connectivity index (χ3n) is 8.05. The molecule has 218 valence electrons. The molecule has 2 unspecified atom stereocenters. The second-order valence-corrected chi connectivity index (χ2v) is 11.1. The lowest BCUT2D eigenvalue weighted by Gasteiger charge is -2.36. The zero-order chi connectivity index (χ0) is 28.7. The van der Waals surface area contributed by atoms with Crippen LogP contribution in [0.2, 0.25) is 5.02 Å². The van der Waals surface area contributed by atoms with Crippen LogP contribution in [0.3, 0.4) is 0 Å². The van der Waals surface area contributed by atoms with Crippen LogP contribution in [0.4, 0.5) is 4.39 Å². The Morgan fingerprint density at radius 3 is 2.63 bits per heavy atom. The summed E-state index contributed by atoms with van der Waals surface area (Å²) >= 11 is 5.88. The monoisotopic (exact) mass is 586 g/mol. The van der Waals surface area contributed by atoms with E-state index in [2.05, 4.69) is 9.47 Å². The zero-order valence-electron chi connectivity index (χ0n) is 23.0. The average Bonchev–Trinajstić information content (AvgIpc) is 3.50. The lowest BCUT2D eigenvalue weighted by atomic mass is 10.1. The molecule has 10 nitrogen and oxygen atoms in total. The molecule has 41 heavy (non-hydrogen) atoms. The summed E-state index contributed by atoms with van der Waals surface area (Å²) in [4.78, 5) is 34.3. The number of piperazine rings is 1. The van der Waals surface area contributed by atoms with Crippen molar-refractivity contribution in [2.75, 3.05) is 46.5 Å². The molecule has 3 fully saturated rings. The van der Waals surface area contributed by atoms with Gasteiger partial charge in [0.2, 0.25) is 0 Å². The van der Waals surface area contributed by atoms with E-state index in [-0.39, 0.29) is 29.2 Å². The number of ether oxygens (including phenoxy) is 4. The molecule has 3 saturated heterocycles. The van der Waals surface area contributed by atoms with Gasteiger partial charge in [0.1, 0.15) is 11.6 Å². The standard InChI is InChI=1S/C29H32ClFN4O6/c1-29(21-5-4-19(30)14-22(21)31)40-17-25(41-29)27(36)34-10-8-33(9-11-34)16-26-32-23-6-3-18(28(37)38-2)13-24(23)35(26)15-20-7-12-39-20/h3-6,13-14,20,25H,7-12,15-17H2,1-2H3/t20-,25?,29?/m0/s1. The Morgan fingerprint density at radius 2 is 1.95 bits per heavy atom. The molecule has 6 rings (SSSR count). The summed E-state index contributed by atoms with van der Waals surface area (Å²) < 4.78 is 39.0. The van der Waals surface area contributed by atoms with E-state index in [0.717, 1.165) is 29.9 Å². The largest absolute Gasteiger partial charge is 0.465 e. The molecule has 3 aromatic rings. The second-order valence-electron chi connectivity index (χ2n) is 10.7. The van der Waals surface area contributed by atoms with E-state index in [0.29, 0.717) is 44.8 Å².